The van der Waals surface area contributed by atoms with Crippen LogP contribution in [0.5, 0.6) is 17.2 Å². The lowest BCUT2D eigenvalue weighted by atomic mass is 9.76. The molecule has 0 bridgehead atoms. The molecule has 0 radical (unpaired) electrons. The molecule has 3 heterocycles. The second-order valence-corrected chi connectivity index (χ2v) is 8.85. The van der Waals surface area contributed by atoms with Crippen LogP contribution in [0.3, 0.4) is 0 Å². The fourth-order valence-corrected chi connectivity index (χ4v) is 5.37. The van der Waals surface area contributed by atoms with Crippen LogP contribution in [-0.4, -0.2) is 50.2 Å². The monoisotopic (exact) mass is 466 g/mol. The fourth-order valence-electron chi connectivity index (χ4n) is 5.37. The van der Waals surface area contributed by atoms with Crippen LogP contribution < -0.4 is 30.0 Å². The molecule has 0 saturated carbocycles. The minimum absolute atomic E-state index is 0.0285. The molecule has 2 aliphatic heterocycles. The van der Waals surface area contributed by atoms with Gasteiger partial charge in [0.15, 0.2) is 17.3 Å². The van der Waals surface area contributed by atoms with Gasteiger partial charge in [0, 0.05) is 36.3 Å². The van der Waals surface area contributed by atoms with E-state index in [0.717, 1.165) is 44.5 Å². The van der Waals surface area contributed by atoms with Crippen molar-refractivity contribution in [2.24, 2.45) is 0 Å². The first kappa shape index (κ1) is 22.3. The van der Waals surface area contributed by atoms with Crippen molar-refractivity contribution in [3.05, 3.63) is 44.9 Å². The van der Waals surface area contributed by atoms with Crippen LogP contribution in [0.1, 0.15) is 55.6 Å². The van der Waals surface area contributed by atoms with E-state index in [2.05, 4.69) is 15.2 Å². The van der Waals surface area contributed by atoms with Gasteiger partial charge < -0.3 is 24.4 Å². The summed E-state index contributed by atoms with van der Waals surface area (Å²) in [5.74, 6) is 1.83. The number of anilines is 2. The van der Waals surface area contributed by atoms with E-state index >= 15 is 0 Å². The Hall–Kier alpha value is -3.49. The molecule has 0 spiro atoms. The Labute approximate surface area is 198 Å². The van der Waals surface area contributed by atoms with Gasteiger partial charge in [-0.05, 0) is 38.2 Å². The van der Waals surface area contributed by atoms with Crippen LogP contribution in [0.15, 0.2) is 28.2 Å². The summed E-state index contributed by atoms with van der Waals surface area (Å²) in [6.07, 6.45) is 5.26. The smallest absolute Gasteiger partial charge is 0.258 e. The summed E-state index contributed by atoms with van der Waals surface area (Å²) in [5, 5.41) is 3.34. The number of Topliss-reactive ketones (excluding diaryl/α,β-unsaturated/α-hetero) is 1. The van der Waals surface area contributed by atoms with Gasteiger partial charge in [0.1, 0.15) is 5.82 Å². The molecule has 1 fully saturated rings. The molecule has 9 nitrogen and oxygen atoms in total. The summed E-state index contributed by atoms with van der Waals surface area (Å²) in [5.41, 5.74) is 2.25. The van der Waals surface area contributed by atoms with Gasteiger partial charge >= 0.3 is 0 Å². The maximum Gasteiger partial charge on any atom is 0.258 e. The van der Waals surface area contributed by atoms with Gasteiger partial charge in [0.05, 0.1) is 32.8 Å². The highest BCUT2D eigenvalue weighted by Crippen LogP contribution is 2.50. The number of allylic oxidation sites excluding steroid dienone is 2. The lowest BCUT2D eigenvalue weighted by Crippen LogP contribution is -2.36. The second-order valence-electron chi connectivity index (χ2n) is 8.85. The number of hydrogen-bond acceptors (Lipinski definition) is 8. The highest BCUT2D eigenvalue weighted by molar-refractivity contribution is 6.01. The molecule has 1 aliphatic carbocycles. The Balaban J connectivity index is 1.73. The number of aromatic amines is 1. The number of H-pyrrole nitrogens is 1. The maximum atomic E-state index is 13.6. The second kappa shape index (κ2) is 9.04. The zero-order chi connectivity index (χ0) is 23.8. The Bertz CT molecular complexity index is 1210. The quantitative estimate of drug-likeness (QED) is 0.691. The number of piperidine rings is 1. The molecule has 5 rings (SSSR count). The first-order valence-corrected chi connectivity index (χ1v) is 11.8. The summed E-state index contributed by atoms with van der Waals surface area (Å²) in [7, 11) is 4.64. The van der Waals surface area contributed by atoms with Gasteiger partial charge in [-0.2, -0.15) is 4.98 Å². The summed E-state index contributed by atoms with van der Waals surface area (Å²) in [6.45, 7) is 1.72. The van der Waals surface area contributed by atoms with Gasteiger partial charge in [-0.15, -0.1) is 0 Å². The molecular weight excluding hydrogens is 436 g/mol. The Morgan fingerprint density at radius 2 is 1.71 bits per heavy atom. The normalized spacial score (nSPS) is 19.8. The van der Waals surface area contributed by atoms with Crippen LogP contribution >= 0.6 is 0 Å². The van der Waals surface area contributed by atoms with Gasteiger partial charge in [-0.3, -0.25) is 14.6 Å². The molecule has 1 saturated heterocycles. The molecule has 9 heteroatoms. The van der Waals surface area contributed by atoms with E-state index in [4.69, 9.17) is 19.2 Å². The molecule has 0 amide bonds. The number of hydrogen-bond donors (Lipinski definition) is 2. The van der Waals surface area contributed by atoms with Crippen LogP contribution in [0.25, 0.3) is 0 Å². The van der Waals surface area contributed by atoms with E-state index in [-0.39, 0.29) is 11.3 Å². The maximum absolute atomic E-state index is 13.6. The first-order valence-electron chi connectivity index (χ1n) is 11.8. The number of carbonyl (C=O) groups is 1. The molecule has 3 aliphatic rings. The van der Waals surface area contributed by atoms with Crippen molar-refractivity contribution in [1.29, 1.82) is 0 Å². The summed E-state index contributed by atoms with van der Waals surface area (Å²) in [6, 6.07) is 3.61. The third-order valence-corrected chi connectivity index (χ3v) is 6.95. The molecule has 34 heavy (non-hydrogen) atoms. The average molecular weight is 467 g/mol. The Kier molecular flexibility index (Phi) is 5.93. The van der Waals surface area contributed by atoms with Crippen molar-refractivity contribution >= 4 is 17.5 Å². The van der Waals surface area contributed by atoms with E-state index in [1.54, 1.807) is 20.3 Å². The standard InChI is InChI=1S/C25H30N4O5/c1-32-17-11-10-14(21(33-2)22(17)34-3)18-19-15(8-7-9-16(19)30)26-23-20(18)24(31)28-25(27-23)29-12-5-4-6-13-29/h10-11,18H,4-9,12-13H2,1-3H3,(H2,26,27,28,31)/t18-/m0/s1. The lowest BCUT2D eigenvalue weighted by molar-refractivity contribution is -0.116. The predicted octanol–water partition coefficient (Wildman–Crippen LogP) is 3.35. The van der Waals surface area contributed by atoms with Crippen LogP contribution in [-0.2, 0) is 4.79 Å². The Morgan fingerprint density at radius 3 is 2.41 bits per heavy atom. The van der Waals surface area contributed by atoms with Crippen LogP contribution in [0.2, 0.25) is 0 Å². The summed E-state index contributed by atoms with van der Waals surface area (Å²) >= 11 is 0. The van der Waals surface area contributed by atoms with Gasteiger partial charge in [-0.1, -0.05) is 6.07 Å². The fraction of sp³-hybridized carbons (Fsp3) is 0.480. The molecule has 2 N–H and O–H groups in total. The minimum Gasteiger partial charge on any atom is -0.493 e. The van der Waals surface area contributed by atoms with Gasteiger partial charge in [-0.25, -0.2) is 0 Å². The number of ketones is 1. The predicted molar refractivity (Wildman–Crippen MR) is 128 cm³/mol. The van der Waals surface area contributed by atoms with Crippen molar-refractivity contribution < 1.29 is 19.0 Å². The van der Waals surface area contributed by atoms with Crippen molar-refractivity contribution in [2.45, 2.75) is 44.4 Å². The molecule has 1 aromatic carbocycles. The largest absolute Gasteiger partial charge is 0.493 e. The molecule has 180 valence electrons. The van der Waals surface area contributed by atoms with E-state index < -0.39 is 5.92 Å². The number of aromatic nitrogens is 2. The minimum atomic E-state index is -0.625. The zero-order valence-electron chi connectivity index (χ0n) is 19.8. The number of nitrogens with zero attached hydrogens (tertiary/aromatic N) is 2. The highest BCUT2D eigenvalue weighted by atomic mass is 16.5. The number of ether oxygens (including phenoxy) is 3. The number of fused-ring (bicyclic) bond motifs is 1. The van der Waals surface area contributed by atoms with Gasteiger partial charge in [0.2, 0.25) is 11.7 Å². The number of methoxy groups -OCH3 is 3. The van der Waals surface area contributed by atoms with Crippen LogP contribution in [0, 0.1) is 0 Å². The number of nitrogens with one attached hydrogen (secondary N) is 2. The van der Waals surface area contributed by atoms with Crippen molar-refractivity contribution in [3.63, 3.8) is 0 Å². The third kappa shape index (κ3) is 3.59. The molecule has 1 aromatic heterocycles. The average Bonchev–Trinajstić information content (AvgIpc) is 2.87. The zero-order valence-corrected chi connectivity index (χ0v) is 19.8. The Morgan fingerprint density at radius 1 is 0.941 bits per heavy atom. The number of carbonyl (C=O) groups excluding carboxylic acids is 1. The lowest BCUT2D eigenvalue weighted by Gasteiger charge is -2.34. The van der Waals surface area contributed by atoms with Crippen LogP contribution in [0.4, 0.5) is 11.8 Å². The summed E-state index contributed by atoms with van der Waals surface area (Å²) < 4.78 is 16.8. The topological polar surface area (TPSA) is 106 Å². The third-order valence-electron chi connectivity index (χ3n) is 6.95. The molecule has 0 unspecified atom stereocenters. The van der Waals surface area contributed by atoms with E-state index in [1.165, 1.54) is 13.5 Å². The van der Waals surface area contributed by atoms with Crippen molar-refractivity contribution in [1.82, 2.24) is 9.97 Å². The van der Waals surface area contributed by atoms with E-state index in [1.807, 2.05) is 6.07 Å². The number of benzene rings is 1. The molecular formula is C25H30N4O5. The van der Waals surface area contributed by atoms with Gasteiger partial charge in [0.25, 0.3) is 5.56 Å². The highest BCUT2D eigenvalue weighted by Gasteiger charge is 2.40. The first-order chi connectivity index (χ1) is 16.6. The van der Waals surface area contributed by atoms with Crippen molar-refractivity contribution in [2.75, 3.05) is 44.6 Å². The van der Waals surface area contributed by atoms with E-state index in [0.29, 0.717) is 52.1 Å². The number of rotatable bonds is 5. The van der Waals surface area contributed by atoms with E-state index in [9.17, 15) is 9.59 Å². The van der Waals surface area contributed by atoms with Crippen molar-refractivity contribution in [3.8, 4) is 17.2 Å². The molecule has 2 aromatic rings. The summed E-state index contributed by atoms with van der Waals surface area (Å²) in [4.78, 5) is 36.7. The SMILES string of the molecule is COc1ccc([C@H]2C3=C(CCCC3=O)Nc3nc(N4CCCCC4)[nH]c(=O)c32)c(OC)c1OC. The molecule has 1 atom stereocenters.